The number of aromatic nitrogens is 2. The Balaban J connectivity index is 1.84. The number of nitrogens with one attached hydrogen (secondary N) is 3. The summed E-state index contributed by atoms with van der Waals surface area (Å²) in [4.78, 5) is 16.5. The normalized spacial score (nSPS) is 10.9. The molecule has 2 aromatic carbocycles. The summed E-state index contributed by atoms with van der Waals surface area (Å²) >= 11 is 5.96. The van der Waals surface area contributed by atoms with Crippen LogP contribution in [0.1, 0.15) is 5.56 Å². The van der Waals surface area contributed by atoms with Gasteiger partial charge in [0, 0.05) is 22.8 Å². The van der Waals surface area contributed by atoms with E-state index in [9.17, 15) is 9.18 Å². The summed E-state index contributed by atoms with van der Waals surface area (Å²) in [5.74, 6) is -0.346. The fourth-order valence-corrected chi connectivity index (χ4v) is 2.26. The number of benzene rings is 2. The summed E-state index contributed by atoms with van der Waals surface area (Å²) in [5, 5.41) is 3.47. The monoisotopic (exact) mass is 291 g/mol. The summed E-state index contributed by atoms with van der Waals surface area (Å²) < 4.78 is 13.6. The molecule has 0 radical (unpaired) electrons. The first-order chi connectivity index (χ1) is 9.63. The van der Waals surface area contributed by atoms with Gasteiger partial charge in [-0.05, 0) is 30.3 Å². The highest BCUT2D eigenvalue weighted by molar-refractivity contribution is 6.31. The predicted octanol–water partition coefficient (Wildman–Crippen LogP) is 3.26. The molecule has 0 amide bonds. The number of halogens is 2. The maximum atomic E-state index is 13.6. The Morgan fingerprint density at radius 3 is 2.75 bits per heavy atom. The summed E-state index contributed by atoms with van der Waals surface area (Å²) in [6.45, 7) is 0.270. The second-order valence-electron chi connectivity index (χ2n) is 4.39. The lowest BCUT2D eigenvalue weighted by Crippen LogP contribution is -2.02. The van der Waals surface area contributed by atoms with E-state index in [0.29, 0.717) is 16.1 Å². The average molecular weight is 292 g/mol. The quantitative estimate of drug-likeness (QED) is 0.693. The van der Waals surface area contributed by atoms with Crippen molar-refractivity contribution in [1.29, 1.82) is 0 Å². The van der Waals surface area contributed by atoms with Crippen molar-refractivity contribution in [2.75, 3.05) is 5.32 Å². The summed E-state index contributed by atoms with van der Waals surface area (Å²) in [6, 6.07) is 9.95. The molecule has 0 bridgehead atoms. The minimum absolute atomic E-state index is 0.255. The Labute approximate surface area is 118 Å². The number of fused-ring (bicyclic) bond motifs is 1. The van der Waals surface area contributed by atoms with Crippen LogP contribution >= 0.6 is 11.6 Å². The van der Waals surface area contributed by atoms with Crippen LogP contribution in [0.5, 0.6) is 0 Å². The van der Waals surface area contributed by atoms with Gasteiger partial charge < -0.3 is 15.3 Å². The predicted molar refractivity (Wildman–Crippen MR) is 77.7 cm³/mol. The summed E-state index contributed by atoms with van der Waals surface area (Å²) in [7, 11) is 0. The van der Waals surface area contributed by atoms with Gasteiger partial charge in [0.2, 0.25) is 0 Å². The lowest BCUT2D eigenvalue weighted by Gasteiger charge is -2.09. The van der Waals surface area contributed by atoms with Gasteiger partial charge in [-0.3, -0.25) is 0 Å². The molecule has 3 aromatic rings. The number of rotatable bonds is 3. The van der Waals surface area contributed by atoms with Gasteiger partial charge in [-0.1, -0.05) is 17.7 Å². The van der Waals surface area contributed by atoms with E-state index in [1.807, 2.05) is 0 Å². The molecule has 20 heavy (non-hydrogen) atoms. The van der Waals surface area contributed by atoms with E-state index in [4.69, 9.17) is 11.6 Å². The van der Waals surface area contributed by atoms with E-state index in [1.54, 1.807) is 30.3 Å². The van der Waals surface area contributed by atoms with Gasteiger partial charge in [0.1, 0.15) is 5.82 Å². The van der Waals surface area contributed by atoms with Gasteiger partial charge in [0.25, 0.3) is 0 Å². The molecular weight excluding hydrogens is 281 g/mol. The number of hydrogen-bond donors (Lipinski definition) is 3. The molecule has 0 aliphatic heterocycles. The minimum atomic E-state index is -0.346. The van der Waals surface area contributed by atoms with Crippen molar-refractivity contribution < 1.29 is 4.39 Å². The lowest BCUT2D eigenvalue weighted by atomic mass is 10.2. The minimum Gasteiger partial charge on any atom is -0.381 e. The second-order valence-corrected chi connectivity index (χ2v) is 4.80. The number of hydrogen-bond acceptors (Lipinski definition) is 2. The number of aromatic amines is 2. The molecule has 0 aliphatic rings. The fourth-order valence-electron chi connectivity index (χ4n) is 2.03. The average Bonchev–Trinajstić information content (AvgIpc) is 2.77. The van der Waals surface area contributed by atoms with Crippen LogP contribution in [0, 0.1) is 5.82 Å². The lowest BCUT2D eigenvalue weighted by molar-refractivity contribution is 0.613. The van der Waals surface area contributed by atoms with Crippen molar-refractivity contribution in [2.45, 2.75) is 6.54 Å². The smallest absolute Gasteiger partial charge is 0.323 e. The third-order valence-electron chi connectivity index (χ3n) is 3.05. The number of imidazole rings is 1. The highest BCUT2D eigenvalue weighted by Gasteiger charge is 2.07. The third kappa shape index (κ3) is 2.40. The van der Waals surface area contributed by atoms with E-state index in [1.165, 1.54) is 6.07 Å². The first-order valence-corrected chi connectivity index (χ1v) is 6.40. The van der Waals surface area contributed by atoms with Crippen LogP contribution in [0.2, 0.25) is 5.02 Å². The van der Waals surface area contributed by atoms with Gasteiger partial charge in [-0.2, -0.15) is 0 Å². The molecule has 3 N–H and O–H groups in total. The molecule has 6 heteroatoms. The van der Waals surface area contributed by atoms with Crippen LogP contribution in [-0.4, -0.2) is 9.97 Å². The van der Waals surface area contributed by atoms with Gasteiger partial charge in [0.15, 0.2) is 0 Å². The standard InChI is InChI=1S/C14H11ClFN3O/c15-10-2-1-3-11(16)9(10)7-17-8-4-5-12-13(6-8)19-14(20)18-12/h1-6,17H,7H2,(H2,18,19,20). The van der Waals surface area contributed by atoms with Crippen molar-refractivity contribution in [3.8, 4) is 0 Å². The zero-order chi connectivity index (χ0) is 14.1. The molecule has 0 atom stereocenters. The molecule has 0 saturated carbocycles. The van der Waals surface area contributed by atoms with Crippen molar-refractivity contribution in [3.05, 3.63) is 63.3 Å². The van der Waals surface area contributed by atoms with Gasteiger partial charge in [-0.25, -0.2) is 9.18 Å². The summed E-state index contributed by atoms with van der Waals surface area (Å²) in [6.07, 6.45) is 0. The topological polar surface area (TPSA) is 60.7 Å². The molecule has 0 saturated heterocycles. The van der Waals surface area contributed by atoms with Crippen molar-refractivity contribution in [3.63, 3.8) is 0 Å². The SMILES string of the molecule is O=c1[nH]c2ccc(NCc3c(F)cccc3Cl)cc2[nH]1. The van der Waals surface area contributed by atoms with Gasteiger partial charge >= 0.3 is 5.69 Å². The van der Waals surface area contributed by atoms with Crippen LogP contribution in [0.3, 0.4) is 0 Å². The van der Waals surface area contributed by atoms with E-state index >= 15 is 0 Å². The molecule has 1 heterocycles. The molecule has 0 unspecified atom stereocenters. The molecule has 0 spiro atoms. The van der Waals surface area contributed by atoms with E-state index < -0.39 is 0 Å². The second kappa shape index (κ2) is 5.02. The van der Waals surface area contributed by atoms with Crippen LogP contribution in [0.4, 0.5) is 10.1 Å². The molecule has 0 aliphatic carbocycles. The van der Waals surface area contributed by atoms with Crippen molar-refractivity contribution in [1.82, 2.24) is 9.97 Å². The molecule has 102 valence electrons. The zero-order valence-corrected chi connectivity index (χ0v) is 11.1. The number of H-pyrrole nitrogens is 2. The third-order valence-corrected chi connectivity index (χ3v) is 3.40. The van der Waals surface area contributed by atoms with Crippen LogP contribution in [-0.2, 0) is 6.54 Å². The highest BCUT2D eigenvalue weighted by atomic mass is 35.5. The molecule has 0 fully saturated rings. The van der Waals surface area contributed by atoms with Gasteiger partial charge in [0.05, 0.1) is 11.0 Å². The Bertz CT molecular complexity index is 804. The van der Waals surface area contributed by atoms with E-state index in [2.05, 4.69) is 15.3 Å². The largest absolute Gasteiger partial charge is 0.381 e. The summed E-state index contributed by atoms with van der Waals surface area (Å²) in [5.41, 5.74) is 2.35. The Morgan fingerprint density at radius 2 is 1.95 bits per heavy atom. The van der Waals surface area contributed by atoms with Crippen molar-refractivity contribution >= 4 is 28.3 Å². The Kier molecular flexibility index (Phi) is 3.20. The zero-order valence-electron chi connectivity index (χ0n) is 10.3. The Hall–Kier alpha value is -2.27. The van der Waals surface area contributed by atoms with E-state index in [-0.39, 0.29) is 18.1 Å². The maximum Gasteiger partial charge on any atom is 0.323 e. The maximum absolute atomic E-state index is 13.6. The number of anilines is 1. The van der Waals surface area contributed by atoms with E-state index in [0.717, 1.165) is 11.2 Å². The first-order valence-electron chi connectivity index (χ1n) is 6.02. The molecule has 4 nitrogen and oxygen atoms in total. The first kappa shape index (κ1) is 12.7. The van der Waals surface area contributed by atoms with Crippen molar-refractivity contribution in [2.24, 2.45) is 0 Å². The fraction of sp³-hybridized carbons (Fsp3) is 0.0714. The highest BCUT2D eigenvalue weighted by Crippen LogP contribution is 2.21. The molecule has 1 aromatic heterocycles. The Morgan fingerprint density at radius 1 is 1.15 bits per heavy atom. The molecular formula is C14H11ClFN3O. The molecule has 3 rings (SSSR count). The van der Waals surface area contributed by atoms with Gasteiger partial charge in [-0.15, -0.1) is 0 Å². The van der Waals surface area contributed by atoms with Crippen LogP contribution in [0.15, 0.2) is 41.2 Å². The van der Waals surface area contributed by atoms with Crippen LogP contribution in [0.25, 0.3) is 11.0 Å². The van der Waals surface area contributed by atoms with Crippen LogP contribution < -0.4 is 11.0 Å².